The minimum absolute atomic E-state index is 0.485. The van der Waals surface area contributed by atoms with E-state index in [0.717, 1.165) is 27.7 Å². The van der Waals surface area contributed by atoms with Crippen LogP contribution in [0.5, 0.6) is 0 Å². The average molecular weight is 381 g/mol. The molecule has 0 saturated heterocycles. The Hall–Kier alpha value is -2.69. The second-order valence-electron chi connectivity index (χ2n) is 5.91. The fraction of sp³-hybridized carbons (Fsp3) is 0.0500. The number of benzene rings is 2. The number of aryl methyl sites for hydroxylation is 1. The summed E-state index contributed by atoms with van der Waals surface area (Å²) in [6, 6.07) is 15.3. The van der Waals surface area contributed by atoms with Crippen LogP contribution >= 0.6 is 23.2 Å². The molecule has 26 heavy (non-hydrogen) atoms. The highest BCUT2D eigenvalue weighted by Gasteiger charge is 2.11. The van der Waals surface area contributed by atoms with E-state index in [9.17, 15) is 0 Å². The first-order chi connectivity index (χ1) is 12.6. The summed E-state index contributed by atoms with van der Waals surface area (Å²) in [5.41, 5.74) is 3.65. The van der Waals surface area contributed by atoms with Gasteiger partial charge in [-0.2, -0.15) is 0 Å². The molecule has 6 heteroatoms. The molecule has 0 bridgehead atoms. The lowest BCUT2D eigenvalue weighted by Crippen LogP contribution is -2.00. The number of anilines is 2. The van der Waals surface area contributed by atoms with Gasteiger partial charge in [0.05, 0.1) is 15.6 Å². The molecular weight excluding hydrogens is 367 g/mol. The van der Waals surface area contributed by atoms with Crippen LogP contribution in [0.15, 0.2) is 60.9 Å². The van der Waals surface area contributed by atoms with Crippen LogP contribution in [-0.2, 0) is 0 Å². The molecular formula is C20H14Cl2N4. The molecule has 2 heterocycles. The fourth-order valence-electron chi connectivity index (χ4n) is 2.67. The topological polar surface area (TPSA) is 50.7 Å². The number of aromatic nitrogens is 3. The van der Waals surface area contributed by atoms with Gasteiger partial charge in [0.25, 0.3) is 0 Å². The lowest BCUT2D eigenvalue weighted by atomic mass is 10.1. The number of fused-ring (bicyclic) bond motifs is 1. The van der Waals surface area contributed by atoms with E-state index in [0.29, 0.717) is 21.7 Å². The summed E-state index contributed by atoms with van der Waals surface area (Å²) < 4.78 is 0. The Morgan fingerprint density at radius 1 is 0.923 bits per heavy atom. The molecule has 0 saturated carbocycles. The van der Waals surface area contributed by atoms with Gasteiger partial charge in [0, 0.05) is 29.0 Å². The third-order valence-corrected chi connectivity index (χ3v) is 4.69. The van der Waals surface area contributed by atoms with Crippen LogP contribution in [0, 0.1) is 6.92 Å². The van der Waals surface area contributed by atoms with Gasteiger partial charge in [0.1, 0.15) is 5.82 Å². The third kappa shape index (κ3) is 3.34. The van der Waals surface area contributed by atoms with Crippen molar-refractivity contribution < 1.29 is 0 Å². The van der Waals surface area contributed by atoms with E-state index in [4.69, 9.17) is 33.2 Å². The summed E-state index contributed by atoms with van der Waals surface area (Å²) in [5.74, 6) is 1.31. The van der Waals surface area contributed by atoms with Crippen LogP contribution in [0.3, 0.4) is 0 Å². The van der Waals surface area contributed by atoms with E-state index >= 15 is 0 Å². The highest BCUT2D eigenvalue weighted by molar-refractivity contribution is 6.42. The van der Waals surface area contributed by atoms with Crippen LogP contribution in [0.4, 0.5) is 11.5 Å². The number of nitrogens with zero attached hydrogens (tertiary/aromatic N) is 3. The van der Waals surface area contributed by atoms with Crippen molar-refractivity contribution in [3.63, 3.8) is 0 Å². The van der Waals surface area contributed by atoms with Crippen LogP contribution in [0.1, 0.15) is 5.56 Å². The summed E-state index contributed by atoms with van der Waals surface area (Å²) in [6.45, 7) is 2.04. The van der Waals surface area contributed by atoms with E-state index in [1.165, 1.54) is 0 Å². The zero-order valence-corrected chi connectivity index (χ0v) is 15.4. The highest BCUT2D eigenvalue weighted by Crippen LogP contribution is 2.30. The number of hydrogen-bond donors (Lipinski definition) is 1. The van der Waals surface area contributed by atoms with E-state index in [1.54, 1.807) is 24.5 Å². The molecule has 4 aromatic rings. The monoisotopic (exact) mass is 380 g/mol. The largest absolute Gasteiger partial charge is 0.340 e. The van der Waals surface area contributed by atoms with Crippen LogP contribution in [0.25, 0.3) is 22.3 Å². The maximum absolute atomic E-state index is 6.13. The fourth-order valence-corrected chi connectivity index (χ4v) is 2.97. The van der Waals surface area contributed by atoms with Crippen LogP contribution in [-0.4, -0.2) is 15.0 Å². The smallest absolute Gasteiger partial charge is 0.163 e. The molecule has 0 spiro atoms. The molecule has 0 unspecified atom stereocenters. The van der Waals surface area contributed by atoms with Gasteiger partial charge >= 0.3 is 0 Å². The Kier molecular flexibility index (Phi) is 4.45. The second kappa shape index (κ2) is 6.90. The molecule has 0 aliphatic carbocycles. The van der Waals surface area contributed by atoms with Crippen LogP contribution < -0.4 is 5.32 Å². The summed E-state index contributed by atoms with van der Waals surface area (Å²) in [6.07, 6.45) is 3.48. The Morgan fingerprint density at radius 3 is 2.58 bits per heavy atom. The predicted molar refractivity (Wildman–Crippen MR) is 107 cm³/mol. The zero-order valence-electron chi connectivity index (χ0n) is 13.9. The first kappa shape index (κ1) is 16.8. The summed E-state index contributed by atoms with van der Waals surface area (Å²) in [7, 11) is 0. The highest BCUT2D eigenvalue weighted by atomic mass is 35.5. The summed E-state index contributed by atoms with van der Waals surface area (Å²) >= 11 is 12.1. The first-order valence-corrected chi connectivity index (χ1v) is 8.76. The van der Waals surface area contributed by atoms with Gasteiger partial charge in [-0.3, -0.25) is 4.98 Å². The molecule has 0 aliphatic heterocycles. The van der Waals surface area contributed by atoms with Crippen molar-refractivity contribution in [1.29, 1.82) is 0 Å². The Balaban J connectivity index is 1.87. The van der Waals surface area contributed by atoms with Crippen molar-refractivity contribution in [2.24, 2.45) is 0 Å². The number of hydrogen-bond acceptors (Lipinski definition) is 4. The summed E-state index contributed by atoms with van der Waals surface area (Å²) in [4.78, 5) is 13.6. The number of nitrogens with one attached hydrogen (secondary N) is 1. The van der Waals surface area contributed by atoms with Gasteiger partial charge in [0.15, 0.2) is 5.82 Å². The van der Waals surface area contributed by atoms with E-state index < -0.39 is 0 Å². The SMILES string of the molecule is Cc1ccc2c(Nc3ccc(Cl)c(Cl)c3)nc(-c3cccnc3)nc2c1. The number of pyridine rings is 1. The second-order valence-corrected chi connectivity index (χ2v) is 6.73. The standard InChI is InChI=1S/C20H14Cl2N4/c1-12-4-6-15-18(9-12)25-19(13-3-2-8-23-11-13)26-20(15)24-14-5-7-16(21)17(22)10-14/h2-11H,1H3,(H,24,25,26). The van der Waals surface area contributed by atoms with Crippen molar-refractivity contribution in [3.8, 4) is 11.4 Å². The van der Waals surface area contributed by atoms with Gasteiger partial charge in [-0.05, 0) is 55.0 Å². The van der Waals surface area contributed by atoms with Crippen molar-refractivity contribution in [3.05, 3.63) is 76.5 Å². The molecule has 0 aliphatic rings. The first-order valence-electron chi connectivity index (χ1n) is 8.01. The van der Waals surface area contributed by atoms with E-state index in [-0.39, 0.29) is 0 Å². The van der Waals surface area contributed by atoms with E-state index in [1.807, 2.05) is 43.3 Å². The van der Waals surface area contributed by atoms with Gasteiger partial charge in [-0.15, -0.1) is 0 Å². The molecule has 4 nitrogen and oxygen atoms in total. The molecule has 1 N–H and O–H groups in total. The van der Waals surface area contributed by atoms with Crippen molar-refractivity contribution in [1.82, 2.24) is 15.0 Å². The zero-order chi connectivity index (χ0) is 18.1. The third-order valence-electron chi connectivity index (χ3n) is 3.95. The molecule has 0 amide bonds. The Bertz CT molecular complexity index is 1100. The lowest BCUT2D eigenvalue weighted by Gasteiger charge is -2.12. The molecule has 0 atom stereocenters. The van der Waals surface area contributed by atoms with Gasteiger partial charge in [-0.25, -0.2) is 9.97 Å². The molecule has 2 aromatic heterocycles. The van der Waals surface area contributed by atoms with Crippen molar-refractivity contribution in [2.75, 3.05) is 5.32 Å². The van der Waals surface area contributed by atoms with Gasteiger partial charge in [-0.1, -0.05) is 29.3 Å². The van der Waals surface area contributed by atoms with Gasteiger partial charge < -0.3 is 5.32 Å². The van der Waals surface area contributed by atoms with E-state index in [2.05, 4.69) is 10.3 Å². The predicted octanol–water partition coefficient (Wildman–Crippen LogP) is 6.05. The lowest BCUT2D eigenvalue weighted by molar-refractivity contribution is 1.20. The number of rotatable bonds is 3. The minimum Gasteiger partial charge on any atom is -0.340 e. The summed E-state index contributed by atoms with van der Waals surface area (Å²) in [5, 5.41) is 5.25. The average Bonchev–Trinajstić information content (AvgIpc) is 2.65. The Morgan fingerprint density at radius 2 is 1.81 bits per heavy atom. The maximum atomic E-state index is 6.13. The number of halogens is 2. The molecule has 128 valence electrons. The van der Waals surface area contributed by atoms with Crippen molar-refractivity contribution in [2.45, 2.75) is 6.92 Å². The van der Waals surface area contributed by atoms with Crippen LogP contribution in [0.2, 0.25) is 10.0 Å². The van der Waals surface area contributed by atoms with Crippen molar-refractivity contribution >= 4 is 45.6 Å². The normalized spacial score (nSPS) is 10.9. The quantitative estimate of drug-likeness (QED) is 0.469. The van der Waals surface area contributed by atoms with Gasteiger partial charge in [0.2, 0.25) is 0 Å². The molecule has 4 rings (SSSR count). The maximum Gasteiger partial charge on any atom is 0.163 e. The molecule has 0 radical (unpaired) electrons. The molecule has 2 aromatic carbocycles. The molecule has 0 fully saturated rings. The Labute approximate surface area is 160 Å². The minimum atomic E-state index is 0.485.